The summed E-state index contributed by atoms with van der Waals surface area (Å²) in [6.45, 7) is 8.85. The molecule has 5 heteroatoms. The van der Waals surface area contributed by atoms with E-state index in [0.29, 0.717) is 6.54 Å². The van der Waals surface area contributed by atoms with Crippen LogP contribution in [-0.4, -0.2) is 47.2 Å². The van der Waals surface area contributed by atoms with Crippen molar-refractivity contribution in [3.63, 3.8) is 0 Å². The molecule has 1 heterocycles. The number of imidazole rings is 1. The molecular weight excluding hydrogens is 216 g/mol. The number of hydrogen-bond donors (Lipinski definition) is 1. The van der Waals surface area contributed by atoms with E-state index in [9.17, 15) is 4.79 Å². The molecule has 0 aliphatic carbocycles. The second-order valence-electron chi connectivity index (χ2n) is 3.45. The highest BCUT2D eigenvalue weighted by Crippen LogP contribution is 1.87. The van der Waals surface area contributed by atoms with Gasteiger partial charge in [0.05, 0.1) is 0 Å². The summed E-state index contributed by atoms with van der Waals surface area (Å²) < 4.78 is 1.43. The van der Waals surface area contributed by atoms with Crippen molar-refractivity contribution in [2.45, 2.75) is 27.2 Å². The normalized spacial score (nSPS) is 9.71. The average molecular weight is 240 g/mol. The van der Waals surface area contributed by atoms with Crippen LogP contribution in [0.2, 0.25) is 0 Å². The van der Waals surface area contributed by atoms with Crippen LogP contribution in [0, 0.1) is 0 Å². The summed E-state index contributed by atoms with van der Waals surface area (Å²) in [5, 5.41) is 2.82. The molecule has 0 unspecified atom stereocenters. The van der Waals surface area contributed by atoms with Crippen molar-refractivity contribution >= 4 is 6.03 Å². The molecule has 0 fully saturated rings. The van der Waals surface area contributed by atoms with Crippen molar-refractivity contribution in [2.24, 2.45) is 0 Å². The Hall–Kier alpha value is -1.36. The fourth-order valence-corrected chi connectivity index (χ4v) is 1.17. The Morgan fingerprint density at radius 1 is 1.47 bits per heavy atom. The van der Waals surface area contributed by atoms with Crippen LogP contribution in [0.5, 0.6) is 0 Å². The lowest BCUT2D eigenvalue weighted by atomic mass is 10.4. The highest BCUT2D eigenvalue weighted by atomic mass is 16.2. The Morgan fingerprint density at radius 2 is 2.18 bits per heavy atom. The van der Waals surface area contributed by atoms with Gasteiger partial charge in [-0.05, 0) is 26.6 Å². The van der Waals surface area contributed by atoms with Gasteiger partial charge in [-0.2, -0.15) is 0 Å². The molecule has 1 aromatic heterocycles. The van der Waals surface area contributed by atoms with Gasteiger partial charge < -0.3 is 10.2 Å². The summed E-state index contributed by atoms with van der Waals surface area (Å²) in [5.41, 5.74) is 0. The molecule has 1 N–H and O–H groups in total. The number of amides is 1. The molecule has 98 valence electrons. The molecule has 0 saturated carbocycles. The highest BCUT2D eigenvalue weighted by Gasteiger charge is 2.01. The summed E-state index contributed by atoms with van der Waals surface area (Å²) in [5.74, 6) is 0. The average Bonchev–Trinajstić information content (AvgIpc) is 2.90. The van der Waals surface area contributed by atoms with Gasteiger partial charge in [-0.1, -0.05) is 20.8 Å². The minimum atomic E-state index is -0.119. The highest BCUT2D eigenvalue weighted by molar-refractivity contribution is 5.76. The van der Waals surface area contributed by atoms with Crippen LogP contribution >= 0.6 is 0 Å². The van der Waals surface area contributed by atoms with Gasteiger partial charge in [-0.15, -0.1) is 0 Å². The first-order valence-corrected chi connectivity index (χ1v) is 6.18. The molecule has 0 aliphatic rings. The van der Waals surface area contributed by atoms with Gasteiger partial charge in [0.2, 0.25) is 0 Å². The molecule has 1 rings (SSSR count). The zero-order valence-corrected chi connectivity index (χ0v) is 11.3. The smallest absolute Gasteiger partial charge is 0.326 e. The Balaban J connectivity index is 0.00000121. The zero-order valence-electron chi connectivity index (χ0n) is 11.3. The van der Waals surface area contributed by atoms with Gasteiger partial charge in [0.15, 0.2) is 0 Å². The van der Waals surface area contributed by atoms with Crippen LogP contribution < -0.4 is 5.32 Å². The number of nitrogens with zero attached hydrogens (tertiary/aromatic N) is 3. The molecule has 0 saturated heterocycles. The molecule has 1 aromatic rings. The second kappa shape index (κ2) is 9.84. The van der Waals surface area contributed by atoms with Crippen molar-refractivity contribution < 1.29 is 4.79 Å². The van der Waals surface area contributed by atoms with Crippen LogP contribution in [0.3, 0.4) is 0 Å². The predicted octanol–water partition coefficient (Wildman–Crippen LogP) is 1.81. The van der Waals surface area contributed by atoms with Crippen molar-refractivity contribution in [1.29, 1.82) is 0 Å². The first-order chi connectivity index (χ1) is 8.24. The van der Waals surface area contributed by atoms with Gasteiger partial charge in [0.25, 0.3) is 0 Å². The van der Waals surface area contributed by atoms with Crippen molar-refractivity contribution in [2.75, 3.05) is 26.7 Å². The van der Waals surface area contributed by atoms with Crippen molar-refractivity contribution in [1.82, 2.24) is 19.8 Å². The number of aromatic nitrogens is 2. The quantitative estimate of drug-likeness (QED) is 0.799. The second-order valence-corrected chi connectivity index (χ2v) is 3.45. The molecule has 0 radical (unpaired) electrons. The van der Waals surface area contributed by atoms with E-state index in [1.54, 1.807) is 12.4 Å². The maximum atomic E-state index is 11.4. The summed E-state index contributed by atoms with van der Waals surface area (Å²) in [7, 11) is 2.07. The van der Waals surface area contributed by atoms with Gasteiger partial charge in [-0.3, -0.25) is 4.57 Å². The van der Waals surface area contributed by atoms with Crippen LogP contribution in [0.1, 0.15) is 27.2 Å². The van der Waals surface area contributed by atoms with E-state index in [4.69, 9.17) is 0 Å². The van der Waals surface area contributed by atoms with Crippen molar-refractivity contribution in [3.05, 3.63) is 18.7 Å². The topological polar surface area (TPSA) is 50.2 Å². The minimum Gasteiger partial charge on any atom is -0.337 e. The summed E-state index contributed by atoms with van der Waals surface area (Å²) in [6.07, 6.45) is 5.68. The molecule has 0 atom stereocenters. The number of carbonyl (C=O) groups excluding carboxylic acids is 1. The Labute approximate surface area is 104 Å². The van der Waals surface area contributed by atoms with Crippen LogP contribution in [-0.2, 0) is 0 Å². The molecular formula is C12H24N4O. The lowest BCUT2D eigenvalue weighted by molar-refractivity contribution is 0.241. The van der Waals surface area contributed by atoms with Crippen molar-refractivity contribution in [3.8, 4) is 0 Å². The standard InChI is InChI=1S/C10H18N4O.C2H6/c1-3-13(2)7-4-5-12-10(15)14-8-6-11-9-14;1-2/h6,8-9H,3-5,7H2,1-2H3,(H,12,15);1-2H3. The lowest BCUT2D eigenvalue weighted by Crippen LogP contribution is -2.30. The van der Waals surface area contributed by atoms with Gasteiger partial charge in [-0.25, -0.2) is 9.78 Å². The number of rotatable bonds is 5. The Morgan fingerprint density at radius 3 is 2.71 bits per heavy atom. The summed E-state index contributed by atoms with van der Waals surface area (Å²) in [4.78, 5) is 17.4. The Kier molecular flexibility index (Phi) is 9.05. The fourth-order valence-electron chi connectivity index (χ4n) is 1.17. The maximum Gasteiger partial charge on any atom is 0.326 e. The third-order valence-electron chi connectivity index (χ3n) is 2.27. The predicted molar refractivity (Wildman–Crippen MR) is 70.2 cm³/mol. The van der Waals surface area contributed by atoms with E-state index < -0.39 is 0 Å². The number of nitrogens with one attached hydrogen (secondary N) is 1. The molecule has 0 aliphatic heterocycles. The van der Waals surface area contributed by atoms with Gasteiger partial charge in [0, 0.05) is 18.9 Å². The fraction of sp³-hybridized carbons (Fsp3) is 0.667. The third kappa shape index (κ3) is 6.73. The minimum absolute atomic E-state index is 0.119. The van der Waals surface area contributed by atoms with Gasteiger partial charge in [0.1, 0.15) is 6.33 Å². The monoisotopic (exact) mass is 240 g/mol. The third-order valence-corrected chi connectivity index (χ3v) is 2.27. The molecule has 0 spiro atoms. The maximum absolute atomic E-state index is 11.4. The Bertz CT molecular complexity index is 285. The lowest BCUT2D eigenvalue weighted by Gasteiger charge is -2.13. The zero-order chi connectivity index (χ0) is 13.1. The van der Waals surface area contributed by atoms with E-state index >= 15 is 0 Å². The number of carbonyl (C=O) groups is 1. The van der Waals surface area contributed by atoms with E-state index in [1.165, 1.54) is 10.9 Å². The van der Waals surface area contributed by atoms with E-state index in [-0.39, 0.29) is 6.03 Å². The molecule has 17 heavy (non-hydrogen) atoms. The molecule has 1 amide bonds. The SMILES string of the molecule is CC.CCN(C)CCCNC(=O)n1ccnc1. The summed E-state index contributed by atoms with van der Waals surface area (Å²) >= 11 is 0. The first kappa shape index (κ1) is 15.6. The van der Waals surface area contributed by atoms with Crippen LogP contribution in [0.4, 0.5) is 4.79 Å². The van der Waals surface area contributed by atoms with Crippen LogP contribution in [0.25, 0.3) is 0 Å². The van der Waals surface area contributed by atoms with E-state index in [1.807, 2.05) is 13.8 Å². The molecule has 5 nitrogen and oxygen atoms in total. The molecule has 0 bridgehead atoms. The number of hydrogen-bond acceptors (Lipinski definition) is 3. The first-order valence-electron chi connectivity index (χ1n) is 6.18. The summed E-state index contributed by atoms with van der Waals surface area (Å²) in [6, 6.07) is -0.119. The van der Waals surface area contributed by atoms with E-state index in [0.717, 1.165) is 19.5 Å². The largest absolute Gasteiger partial charge is 0.337 e. The van der Waals surface area contributed by atoms with E-state index in [2.05, 4.69) is 29.2 Å². The molecule has 0 aromatic carbocycles. The van der Waals surface area contributed by atoms with Crippen LogP contribution in [0.15, 0.2) is 18.7 Å². The van der Waals surface area contributed by atoms with Gasteiger partial charge >= 0.3 is 6.03 Å².